The summed E-state index contributed by atoms with van der Waals surface area (Å²) in [6.07, 6.45) is 0. The lowest BCUT2D eigenvalue weighted by atomic mass is 10.1. The summed E-state index contributed by atoms with van der Waals surface area (Å²) >= 11 is 0. The normalized spacial score (nSPS) is 10.5. The van der Waals surface area contributed by atoms with Crippen molar-refractivity contribution < 1.29 is 9.90 Å². The van der Waals surface area contributed by atoms with Crippen LogP contribution in [0.25, 0.3) is 22.3 Å². The lowest BCUT2D eigenvalue weighted by Gasteiger charge is -2.06. The van der Waals surface area contributed by atoms with Crippen molar-refractivity contribution in [2.45, 2.75) is 0 Å². The zero-order valence-electron chi connectivity index (χ0n) is 9.95. The molecule has 2 aromatic carbocycles. The molecule has 3 rings (SSSR count). The molecule has 0 saturated heterocycles. The van der Waals surface area contributed by atoms with E-state index in [-0.39, 0.29) is 5.69 Å². The van der Waals surface area contributed by atoms with Crippen molar-refractivity contribution in [3.05, 3.63) is 60.3 Å². The molecule has 3 aromatic rings. The highest BCUT2D eigenvalue weighted by molar-refractivity contribution is 5.95. The first-order valence-corrected chi connectivity index (χ1v) is 5.81. The fraction of sp³-hybridized carbons (Fsp3) is 0. The van der Waals surface area contributed by atoms with E-state index >= 15 is 0 Å². The van der Waals surface area contributed by atoms with Gasteiger partial charge in [0.2, 0.25) is 0 Å². The number of carboxylic acids is 1. The van der Waals surface area contributed by atoms with Gasteiger partial charge >= 0.3 is 5.97 Å². The van der Waals surface area contributed by atoms with Gasteiger partial charge in [-0.05, 0) is 12.1 Å². The SMILES string of the molecule is O=C(O)c1nc2ccccc2nc1-c1ccccc1. The van der Waals surface area contributed by atoms with Crippen LogP contribution in [0.5, 0.6) is 0 Å². The van der Waals surface area contributed by atoms with Gasteiger partial charge in [-0.15, -0.1) is 0 Å². The van der Waals surface area contributed by atoms with Crippen molar-refractivity contribution in [1.29, 1.82) is 0 Å². The molecule has 0 spiro atoms. The number of carbonyl (C=O) groups is 1. The third kappa shape index (κ3) is 2.04. The van der Waals surface area contributed by atoms with Crippen LogP contribution >= 0.6 is 0 Å². The Hall–Kier alpha value is -2.75. The molecule has 0 radical (unpaired) electrons. The van der Waals surface area contributed by atoms with Crippen molar-refractivity contribution >= 4 is 17.0 Å². The van der Waals surface area contributed by atoms with Gasteiger partial charge in [-0.1, -0.05) is 42.5 Å². The zero-order valence-corrected chi connectivity index (χ0v) is 9.95. The van der Waals surface area contributed by atoms with Crippen LogP contribution in [0.15, 0.2) is 54.6 Å². The Labute approximate surface area is 109 Å². The smallest absolute Gasteiger partial charge is 0.356 e. The van der Waals surface area contributed by atoms with Gasteiger partial charge in [0, 0.05) is 5.56 Å². The first-order valence-electron chi connectivity index (χ1n) is 5.81. The fourth-order valence-electron chi connectivity index (χ4n) is 1.95. The first-order chi connectivity index (χ1) is 9.25. The van der Waals surface area contributed by atoms with E-state index in [4.69, 9.17) is 0 Å². The number of aromatic carboxylic acids is 1. The van der Waals surface area contributed by atoms with Crippen LogP contribution in [0.4, 0.5) is 0 Å². The van der Waals surface area contributed by atoms with Crippen molar-refractivity contribution in [1.82, 2.24) is 9.97 Å². The van der Waals surface area contributed by atoms with E-state index in [0.717, 1.165) is 5.56 Å². The largest absolute Gasteiger partial charge is 0.476 e. The third-order valence-corrected chi connectivity index (χ3v) is 2.82. The molecule has 19 heavy (non-hydrogen) atoms. The predicted octanol–water partition coefficient (Wildman–Crippen LogP) is 3.00. The minimum atomic E-state index is -1.07. The van der Waals surface area contributed by atoms with E-state index in [2.05, 4.69) is 9.97 Å². The second-order valence-corrected chi connectivity index (χ2v) is 4.08. The van der Waals surface area contributed by atoms with Crippen molar-refractivity contribution in [2.24, 2.45) is 0 Å². The Morgan fingerprint density at radius 1 is 0.842 bits per heavy atom. The van der Waals surface area contributed by atoms with E-state index in [1.165, 1.54) is 0 Å². The summed E-state index contributed by atoms with van der Waals surface area (Å²) in [5.41, 5.74) is 2.39. The Balaban J connectivity index is 2.33. The van der Waals surface area contributed by atoms with Gasteiger partial charge in [0.15, 0.2) is 5.69 Å². The summed E-state index contributed by atoms with van der Waals surface area (Å²) in [5, 5.41) is 9.28. The number of hydrogen-bond donors (Lipinski definition) is 1. The molecule has 4 nitrogen and oxygen atoms in total. The summed E-state index contributed by atoms with van der Waals surface area (Å²) in [6, 6.07) is 16.4. The van der Waals surface area contributed by atoms with Gasteiger partial charge in [-0.2, -0.15) is 0 Å². The highest BCUT2D eigenvalue weighted by Gasteiger charge is 2.16. The summed E-state index contributed by atoms with van der Waals surface area (Å²) in [4.78, 5) is 19.9. The molecule has 1 aromatic heterocycles. The van der Waals surface area contributed by atoms with Crippen LogP contribution in [0.1, 0.15) is 10.5 Å². The van der Waals surface area contributed by atoms with Crippen LogP contribution in [-0.2, 0) is 0 Å². The maximum absolute atomic E-state index is 11.3. The van der Waals surface area contributed by atoms with E-state index < -0.39 is 5.97 Å². The highest BCUT2D eigenvalue weighted by Crippen LogP contribution is 2.23. The molecule has 0 aliphatic rings. The standard InChI is InChI=1S/C15H10N2O2/c18-15(19)14-13(10-6-2-1-3-7-10)16-11-8-4-5-9-12(11)17-14/h1-9H,(H,18,19). The lowest BCUT2D eigenvalue weighted by molar-refractivity contribution is 0.0691. The number of nitrogens with zero attached hydrogens (tertiary/aromatic N) is 2. The highest BCUT2D eigenvalue weighted by atomic mass is 16.4. The van der Waals surface area contributed by atoms with Crippen molar-refractivity contribution in [2.75, 3.05) is 0 Å². The number of benzene rings is 2. The molecule has 0 saturated carbocycles. The minimum absolute atomic E-state index is 0.0232. The molecular formula is C15H10N2O2. The number of fused-ring (bicyclic) bond motifs is 1. The summed E-state index contributed by atoms with van der Waals surface area (Å²) in [5.74, 6) is -1.07. The number of rotatable bonds is 2. The maximum Gasteiger partial charge on any atom is 0.356 e. The Kier molecular flexibility index (Phi) is 2.68. The van der Waals surface area contributed by atoms with Gasteiger partial charge in [0.25, 0.3) is 0 Å². The molecule has 0 amide bonds. The van der Waals surface area contributed by atoms with Crippen LogP contribution in [-0.4, -0.2) is 21.0 Å². The molecule has 4 heteroatoms. The van der Waals surface area contributed by atoms with Crippen LogP contribution < -0.4 is 0 Å². The van der Waals surface area contributed by atoms with Gasteiger partial charge in [0.1, 0.15) is 5.69 Å². The molecule has 0 unspecified atom stereocenters. The average Bonchev–Trinajstić information content (AvgIpc) is 2.46. The van der Waals surface area contributed by atoms with E-state index in [1.807, 2.05) is 48.5 Å². The van der Waals surface area contributed by atoms with Gasteiger partial charge in [-0.25, -0.2) is 14.8 Å². The summed E-state index contributed by atoms with van der Waals surface area (Å²) in [6.45, 7) is 0. The average molecular weight is 250 g/mol. The molecule has 0 aliphatic carbocycles. The quantitative estimate of drug-likeness (QED) is 0.759. The number of carboxylic acid groups (broad SMARTS) is 1. The first kappa shape index (κ1) is 11.3. The van der Waals surface area contributed by atoms with Crippen molar-refractivity contribution in [3.63, 3.8) is 0 Å². The topological polar surface area (TPSA) is 63.1 Å². The fourth-order valence-corrected chi connectivity index (χ4v) is 1.95. The molecule has 92 valence electrons. The Bertz CT molecular complexity index is 754. The van der Waals surface area contributed by atoms with Crippen LogP contribution in [0.2, 0.25) is 0 Å². The Morgan fingerprint density at radius 3 is 2.05 bits per heavy atom. The number of hydrogen-bond acceptors (Lipinski definition) is 3. The second kappa shape index (κ2) is 4.49. The molecule has 0 fully saturated rings. The van der Waals surface area contributed by atoms with Gasteiger partial charge in [0.05, 0.1) is 11.0 Å². The van der Waals surface area contributed by atoms with Gasteiger partial charge < -0.3 is 5.11 Å². The van der Waals surface area contributed by atoms with E-state index in [0.29, 0.717) is 16.7 Å². The number of para-hydroxylation sites is 2. The Morgan fingerprint density at radius 2 is 1.42 bits per heavy atom. The molecule has 0 bridgehead atoms. The molecular weight excluding hydrogens is 240 g/mol. The summed E-state index contributed by atoms with van der Waals surface area (Å²) < 4.78 is 0. The molecule has 0 atom stereocenters. The number of aromatic nitrogens is 2. The second-order valence-electron chi connectivity index (χ2n) is 4.08. The molecule has 1 heterocycles. The van der Waals surface area contributed by atoms with Crippen LogP contribution in [0.3, 0.4) is 0 Å². The third-order valence-electron chi connectivity index (χ3n) is 2.82. The predicted molar refractivity (Wildman–Crippen MR) is 71.9 cm³/mol. The van der Waals surface area contributed by atoms with Crippen LogP contribution in [0, 0.1) is 0 Å². The van der Waals surface area contributed by atoms with E-state index in [9.17, 15) is 9.90 Å². The summed E-state index contributed by atoms with van der Waals surface area (Å²) in [7, 11) is 0. The van der Waals surface area contributed by atoms with E-state index in [1.54, 1.807) is 6.07 Å². The maximum atomic E-state index is 11.3. The van der Waals surface area contributed by atoms with Gasteiger partial charge in [-0.3, -0.25) is 0 Å². The zero-order chi connectivity index (χ0) is 13.2. The minimum Gasteiger partial charge on any atom is -0.476 e. The monoisotopic (exact) mass is 250 g/mol. The molecule has 1 N–H and O–H groups in total. The lowest BCUT2D eigenvalue weighted by Crippen LogP contribution is -2.05. The molecule has 0 aliphatic heterocycles. The van der Waals surface area contributed by atoms with Crippen molar-refractivity contribution in [3.8, 4) is 11.3 Å².